The summed E-state index contributed by atoms with van der Waals surface area (Å²) in [6, 6.07) is 14.3. The number of halogens is 1. The van der Waals surface area contributed by atoms with Gasteiger partial charge in [-0.05, 0) is 30.2 Å². The molecule has 3 heteroatoms. The van der Waals surface area contributed by atoms with Gasteiger partial charge < -0.3 is 9.47 Å². The molecule has 0 unspecified atom stereocenters. The van der Waals surface area contributed by atoms with Crippen LogP contribution in [0.4, 0.5) is 0 Å². The fourth-order valence-corrected chi connectivity index (χ4v) is 2.11. The molecule has 19 heavy (non-hydrogen) atoms. The van der Waals surface area contributed by atoms with E-state index in [1.165, 1.54) is 11.1 Å². The second-order valence-corrected chi connectivity index (χ2v) is 4.95. The van der Waals surface area contributed by atoms with Crippen LogP contribution in [-0.2, 0) is 11.9 Å². The summed E-state index contributed by atoms with van der Waals surface area (Å²) in [7, 11) is 1.65. The third-order valence-corrected chi connectivity index (χ3v) is 3.54. The smallest absolute Gasteiger partial charge is 0.161 e. The quantitative estimate of drug-likeness (QED) is 0.756. The van der Waals surface area contributed by atoms with E-state index in [9.17, 15) is 0 Å². The summed E-state index contributed by atoms with van der Waals surface area (Å²) in [5.74, 6) is 1.54. The molecule has 2 aromatic rings. The summed E-state index contributed by atoms with van der Waals surface area (Å²) in [6.45, 7) is 2.62. The summed E-state index contributed by atoms with van der Waals surface area (Å²) in [5.41, 5.74) is 3.57. The predicted molar refractivity (Wildman–Crippen MR) is 81.1 cm³/mol. The first-order valence-corrected chi connectivity index (χ1v) is 7.26. The fraction of sp³-hybridized carbons (Fsp3) is 0.250. The highest BCUT2D eigenvalue weighted by Crippen LogP contribution is 2.29. The van der Waals surface area contributed by atoms with Crippen LogP contribution in [0.2, 0.25) is 0 Å². The summed E-state index contributed by atoms with van der Waals surface area (Å²) >= 11 is 3.45. The fourth-order valence-electron chi connectivity index (χ4n) is 1.76. The number of aryl methyl sites for hydroxylation is 1. The molecule has 0 aliphatic carbocycles. The van der Waals surface area contributed by atoms with Gasteiger partial charge in [0.05, 0.1) is 7.11 Å². The lowest BCUT2D eigenvalue weighted by molar-refractivity contribution is 0.284. The van der Waals surface area contributed by atoms with E-state index >= 15 is 0 Å². The van der Waals surface area contributed by atoms with Crippen LogP contribution < -0.4 is 9.47 Å². The lowest BCUT2D eigenvalue weighted by Crippen LogP contribution is -1.98. The van der Waals surface area contributed by atoms with Gasteiger partial charge in [-0.1, -0.05) is 51.8 Å². The molecule has 0 fully saturated rings. The maximum absolute atomic E-state index is 5.85. The molecule has 2 rings (SSSR count). The van der Waals surface area contributed by atoms with Crippen LogP contribution in [-0.4, -0.2) is 7.11 Å². The van der Waals surface area contributed by atoms with Crippen LogP contribution in [0.5, 0.6) is 11.5 Å². The van der Waals surface area contributed by atoms with Crippen LogP contribution in [0.1, 0.15) is 16.7 Å². The van der Waals surface area contributed by atoms with E-state index in [0.717, 1.165) is 22.4 Å². The molecular weight excluding hydrogens is 304 g/mol. The average Bonchev–Trinajstić information content (AvgIpc) is 2.46. The van der Waals surface area contributed by atoms with Crippen LogP contribution in [0.25, 0.3) is 0 Å². The number of alkyl halides is 1. The minimum atomic E-state index is 0.544. The van der Waals surface area contributed by atoms with Crippen molar-refractivity contribution in [2.45, 2.75) is 18.9 Å². The van der Waals surface area contributed by atoms with Crippen LogP contribution in [0.15, 0.2) is 42.5 Å². The first-order chi connectivity index (χ1) is 9.22. The Morgan fingerprint density at radius 2 is 1.63 bits per heavy atom. The van der Waals surface area contributed by atoms with Crippen molar-refractivity contribution in [1.82, 2.24) is 0 Å². The number of hydrogen-bond donors (Lipinski definition) is 0. The Morgan fingerprint density at radius 1 is 0.947 bits per heavy atom. The molecule has 0 saturated heterocycles. The molecule has 0 bridgehead atoms. The highest BCUT2D eigenvalue weighted by Gasteiger charge is 2.05. The maximum atomic E-state index is 5.85. The molecule has 0 aliphatic rings. The topological polar surface area (TPSA) is 18.5 Å². The second-order valence-electron chi connectivity index (χ2n) is 4.39. The molecule has 0 amide bonds. The highest BCUT2D eigenvalue weighted by atomic mass is 79.9. The minimum absolute atomic E-state index is 0.544. The Morgan fingerprint density at radius 3 is 2.26 bits per heavy atom. The van der Waals surface area contributed by atoms with Crippen LogP contribution >= 0.6 is 15.9 Å². The zero-order valence-electron chi connectivity index (χ0n) is 11.2. The standard InChI is InChI=1S/C16H17BrO2/c1-12-3-5-13(6-4-12)11-19-16-9-14(10-17)7-8-15(16)18-2/h3-9H,10-11H2,1-2H3. The Kier molecular flexibility index (Phi) is 4.86. The van der Waals surface area contributed by atoms with Crippen molar-refractivity contribution < 1.29 is 9.47 Å². The van der Waals surface area contributed by atoms with Gasteiger partial charge in [-0.15, -0.1) is 0 Å². The molecule has 100 valence electrons. The van der Waals surface area contributed by atoms with Crippen molar-refractivity contribution in [3.05, 3.63) is 59.2 Å². The zero-order chi connectivity index (χ0) is 13.7. The molecule has 0 aliphatic heterocycles. The Labute approximate surface area is 122 Å². The Balaban J connectivity index is 2.11. The molecule has 0 spiro atoms. The number of methoxy groups -OCH3 is 1. The van der Waals surface area contributed by atoms with Gasteiger partial charge in [-0.3, -0.25) is 0 Å². The predicted octanol–water partition coefficient (Wildman–Crippen LogP) is 4.48. The summed E-state index contributed by atoms with van der Waals surface area (Å²) in [4.78, 5) is 0. The van der Waals surface area contributed by atoms with Gasteiger partial charge in [0.2, 0.25) is 0 Å². The van der Waals surface area contributed by atoms with Gasteiger partial charge in [0.25, 0.3) is 0 Å². The third kappa shape index (κ3) is 3.74. The monoisotopic (exact) mass is 320 g/mol. The average molecular weight is 321 g/mol. The lowest BCUT2D eigenvalue weighted by atomic mass is 10.2. The van der Waals surface area contributed by atoms with E-state index < -0.39 is 0 Å². The van der Waals surface area contributed by atoms with Gasteiger partial charge in [-0.25, -0.2) is 0 Å². The summed E-state index contributed by atoms with van der Waals surface area (Å²) < 4.78 is 11.2. The highest BCUT2D eigenvalue weighted by molar-refractivity contribution is 9.08. The largest absolute Gasteiger partial charge is 0.493 e. The van der Waals surface area contributed by atoms with Gasteiger partial charge in [0, 0.05) is 5.33 Å². The van der Waals surface area contributed by atoms with E-state index in [2.05, 4.69) is 47.1 Å². The molecule has 0 heterocycles. The molecule has 0 radical (unpaired) electrons. The van der Waals surface area contributed by atoms with Crippen LogP contribution in [0, 0.1) is 6.92 Å². The first kappa shape index (κ1) is 13.9. The van der Waals surface area contributed by atoms with E-state index in [0.29, 0.717) is 6.61 Å². The van der Waals surface area contributed by atoms with E-state index in [1.807, 2.05) is 18.2 Å². The first-order valence-electron chi connectivity index (χ1n) is 6.14. The maximum Gasteiger partial charge on any atom is 0.161 e. The second kappa shape index (κ2) is 6.62. The van der Waals surface area contributed by atoms with Crippen molar-refractivity contribution in [3.63, 3.8) is 0 Å². The molecule has 0 atom stereocenters. The molecular formula is C16H17BrO2. The number of rotatable bonds is 5. The van der Waals surface area contributed by atoms with Crippen molar-refractivity contribution in [3.8, 4) is 11.5 Å². The molecule has 2 aromatic carbocycles. The van der Waals surface area contributed by atoms with Crippen molar-refractivity contribution in [2.24, 2.45) is 0 Å². The lowest BCUT2D eigenvalue weighted by Gasteiger charge is -2.12. The van der Waals surface area contributed by atoms with Gasteiger partial charge in [0.15, 0.2) is 11.5 Å². The normalized spacial score (nSPS) is 10.3. The zero-order valence-corrected chi connectivity index (χ0v) is 12.7. The van der Waals surface area contributed by atoms with Crippen molar-refractivity contribution >= 4 is 15.9 Å². The molecule has 0 aromatic heterocycles. The van der Waals surface area contributed by atoms with E-state index in [-0.39, 0.29) is 0 Å². The van der Waals surface area contributed by atoms with Crippen molar-refractivity contribution in [1.29, 1.82) is 0 Å². The summed E-state index contributed by atoms with van der Waals surface area (Å²) in [5, 5.41) is 0.803. The molecule has 2 nitrogen and oxygen atoms in total. The summed E-state index contributed by atoms with van der Waals surface area (Å²) in [6.07, 6.45) is 0. The van der Waals surface area contributed by atoms with E-state index in [1.54, 1.807) is 7.11 Å². The van der Waals surface area contributed by atoms with Gasteiger partial charge in [0.1, 0.15) is 6.61 Å². The Bertz CT molecular complexity index is 535. The Hall–Kier alpha value is -1.48. The number of benzene rings is 2. The van der Waals surface area contributed by atoms with E-state index in [4.69, 9.17) is 9.47 Å². The SMILES string of the molecule is COc1ccc(CBr)cc1OCc1ccc(C)cc1. The number of ether oxygens (including phenoxy) is 2. The third-order valence-electron chi connectivity index (χ3n) is 2.90. The van der Waals surface area contributed by atoms with Gasteiger partial charge >= 0.3 is 0 Å². The van der Waals surface area contributed by atoms with Crippen molar-refractivity contribution in [2.75, 3.05) is 7.11 Å². The molecule has 0 N–H and O–H groups in total. The van der Waals surface area contributed by atoms with Crippen LogP contribution in [0.3, 0.4) is 0 Å². The molecule has 0 saturated carbocycles. The minimum Gasteiger partial charge on any atom is -0.493 e. The van der Waals surface area contributed by atoms with Gasteiger partial charge in [-0.2, -0.15) is 0 Å². The number of hydrogen-bond acceptors (Lipinski definition) is 2.